The predicted molar refractivity (Wildman–Crippen MR) is 92.4 cm³/mol. The lowest BCUT2D eigenvalue weighted by molar-refractivity contribution is -0.132. The van der Waals surface area contributed by atoms with Gasteiger partial charge in [0.15, 0.2) is 0 Å². The summed E-state index contributed by atoms with van der Waals surface area (Å²) < 4.78 is 13.8. The standard InChI is InChI=1S/C19H19FN2O2/c1-2-14-4-3-9-22(13-14)17-6-5-16(20)12-18(17)21-10-7-15(8-11-21)19(23)24/h1,5-8,10,12,14H,3-4,9,11,13H2,(H,23,24). The molecule has 0 aliphatic carbocycles. The molecule has 1 saturated heterocycles. The van der Waals surface area contributed by atoms with Crippen LogP contribution in [0.2, 0.25) is 0 Å². The van der Waals surface area contributed by atoms with Crippen LogP contribution in [0.25, 0.3) is 0 Å². The first kappa shape index (κ1) is 16.1. The lowest BCUT2D eigenvalue weighted by atomic mass is 9.98. The molecule has 0 saturated carbocycles. The predicted octanol–water partition coefficient (Wildman–Crippen LogP) is 3.02. The van der Waals surface area contributed by atoms with Gasteiger partial charge in [0.2, 0.25) is 0 Å². The van der Waals surface area contributed by atoms with E-state index in [1.807, 2.05) is 4.90 Å². The Morgan fingerprint density at radius 3 is 2.88 bits per heavy atom. The normalized spacial score (nSPS) is 20.5. The molecule has 2 aliphatic rings. The van der Waals surface area contributed by atoms with E-state index in [4.69, 9.17) is 11.5 Å². The van der Waals surface area contributed by atoms with Crippen LogP contribution in [0.15, 0.2) is 42.1 Å². The Morgan fingerprint density at radius 1 is 1.38 bits per heavy atom. The van der Waals surface area contributed by atoms with Gasteiger partial charge < -0.3 is 14.9 Å². The number of aliphatic carboxylic acids is 1. The SMILES string of the molecule is C#CC1CCCN(c2ccc(F)cc2N2C=CC(C(=O)O)=CC2)C1. The number of hydrogen-bond donors (Lipinski definition) is 1. The molecule has 4 nitrogen and oxygen atoms in total. The summed E-state index contributed by atoms with van der Waals surface area (Å²) >= 11 is 0. The van der Waals surface area contributed by atoms with E-state index in [2.05, 4.69) is 10.8 Å². The number of halogens is 1. The molecule has 1 fully saturated rings. The van der Waals surface area contributed by atoms with Gasteiger partial charge in [-0.25, -0.2) is 9.18 Å². The number of benzene rings is 1. The maximum Gasteiger partial charge on any atom is 0.335 e. The summed E-state index contributed by atoms with van der Waals surface area (Å²) in [6.45, 7) is 2.02. The van der Waals surface area contributed by atoms with Crippen LogP contribution >= 0.6 is 0 Å². The highest BCUT2D eigenvalue weighted by Crippen LogP contribution is 2.34. The van der Waals surface area contributed by atoms with Crippen molar-refractivity contribution in [3.05, 3.63) is 47.9 Å². The van der Waals surface area contributed by atoms with Gasteiger partial charge in [-0.1, -0.05) is 6.08 Å². The van der Waals surface area contributed by atoms with Crippen molar-refractivity contribution in [3.63, 3.8) is 0 Å². The number of piperidine rings is 1. The number of anilines is 2. The molecule has 24 heavy (non-hydrogen) atoms. The van der Waals surface area contributed by atoms with Gasteiger partial charge in [-0.05, 0) is 37.1 Å². The molecule has 0 aromatic heterocycles. The Balaban J connectivity index is 1.89. The number of terminal acetylenes is 1. The van der Waals surface area contributed by atoms with Crippen LogP contribution in [0.5, 0.6) is 0 Å². The molecule has 1 N–H and O–H groups in total. The molecule has 1 unspecified atom stereocenters. The van der Waals surface area contributed by atoms with Crippen LogP contribution in [0.3, 0.4) is 0 Å². The second-order valence-corrected chi connectivity index (χ2v) is 6.02. The highest BCUT2D eigenvalue weighted by molar-refractivity contribution is 5.90. The summed E-state index contributed by atoms with van der Waals surface area (Å²) in [6.07, 6.45) is 12.4. The fourth-order valence-electron chi connectivity index (χ4n) is 3.16. The van der Waals surface area contributed by atoms with E-state index in [1.54, 1.807) is 18.3 Å². The minimum atomic E-state index is -0.960. The molecule has 1 aromatic carbocycles. The van der Waals surface area contributed by atoms with Crippen LogP contribution in [-0.2, 0) is 4.79 Å². The van der Waals surface area contributed by atoms with Crippen LogP contribution in [0.1, 0.15) is 12.8 Å². The summed E-state index contributed by atoms with van der Waals surface area (Å²) in [6, 6.07) is 4.71. The third-order valence-corrected chi connectivity index (χ3v) is 4.43. The highest BCUT2D eigenvalue weighted by atomic mass is 19.1. The fourth-order valence-corrected chi connectivity index (χ4v) is 3.16. The van der Waals surface area contributed by atoms with Crippen molar-refractivity contribution < 1.29 is 14.3 Å². The maximum absolute atomic E-state index is 13.8. The molecule has 0 radical (unpaired) electrons. The van der Waals surface area contributed by atoms with Crippen molar-refractivity contribution in [1.82, 2.24) is 0 Å². The molecule has 2 aliphatic heterocycles. The number of carboxylic acids is 1. The molecule has 0 spiro atoms. The summed E-state index contributed by atoms with van der Waals surface area (Å²) in [5.74, 6) is 1.74. The monoisotopic (exact) mass is 326 g/mol. The minimum Gasteiger partial charge on any atom is -0.478 e. The first-order valence-electron chi connectivity index (χ1n) is 7.97. The van der Waals surface area contributed by atoms with Gasteiger partial charge in [0, 0.05) is 31.8 Å². The summed E-state index contributed by atoms with van der Waals surface area (Å²) in [5.41, 5.74) is 1.90. The molecule has 1 aromatic rings. The molecular formula is C19H19FN2O2. The molecular weight excluding hydrogens is 307 g/mol. The molecule has 3 rings (SSSR count). The lowest BCUT2D eigenvalue weighted by Gasteiger charge is -2.35. The Hall–Kier alpha value is -2.74. The van der Waals surface area contributed by atoms with Crippen LogP contribution in [-0.4, -0.2) is 30.7 Å². The third-order valence-electron chi connectivity index (χ3n) is 4.43. The Bertz CT molecular complexity index is 748. The van der Waals surface area contributed by atoms with Crippen molar-refractivity contribution in [3.8, 4) is 12.3 Å². The van der Waals surface area contributed by atoms with Gasteiger partial charge in [0.25, 0.3) is 0 Å². The Morgan fingerprint density at radius 2 is 2.21 bits per heavy atom. The van der Waals surface area contributed by atoms with E-state index in [1.165, 1.54) is 18.2 Å². The zero-order valence-electron chi connectivity index (χ0n) is 13.3. The largest absolute Gasteiger partial charge is 0.478 e. The Labute approximate surface area is 140 Å². The topological polar surface area (TPSA) is 43.8 Å². The van der Waals surface area contributed by atoms with E-state index in [9.17, 15) is 9.18 Å². The van der Waals surface area contributed by atoms with Crippen LogP contribution in [0.4, 0.5) is 15.8 Å². The first-order chi connectivity index (χ1) is 11.6. The van der Waals surface area contributed by atoms with Gasteiger partial charge >= 0.3 is 5.97 Å². The molecule has 5 heteroatoms. The van der Waals surface area contributed by atoms with E-state index in [0.29, 0.717) is 6.54 Å². The average Bonchev–Trinajstić information content (AvgIpc) is 2.61. The van der Waals surface area contributed by atoms with Gasteiger partial charge in [0.1, 0.15) is 5.82 Å². The van der Waals surface area contributed by atoms with Gasteiger partial charge in [-0.15, -0.1) is 12.3 Å². The minimum absolute atomic E-state index is 0.201. The number of carboxylic acid groups (broad SMARTS) is 1. The molecule has 124 valence electrons. The second-order valence-electron chi connectivity index (χ2n) is 6.02. The highest BCUT2D eigenvalue weighted by Gasteiger charge is 2.23. The molecule has 1 atom stereocenters. The van der Waals surface area contributed by atoms with Crippen molar-refractivity contribution in [2.24, 2.45) is 5.92 Å². The van der Waals surface area contributed by atoms with E-state index in [-0.39, 0.29) is 17.3 Å². The fraction of sp³-hybridized carbons (Fsp3) is 0.316. The van der Waals surface area contributed by atoms with Crippen molar-refractivity contribution in [2.75, 3.05) is 29.4 Å². The van der Waals surface area contributed by atoms with Crippen LogP contribution in [0, 0.1) is 24.1 Å². The summed E-state index contributed by atoms with van der Waals surface area (Å²) in [7, 11) is 0. The third kappa shape index (κ3) is 3.28. The smallest absolute Gasteiger partial charge is 0.335 e. The first-order valence-corrected chi connectivity index (χ1v) is 7.97. The maximum atomic E-state index is 13.8. The van der Waals surface area contributed by atoms with E-state index >= 15 is 0 Å². The number of rotatable bonds is 3. The average molecular weight is 326 g/mol. The van der Waals surface area contributed by atoms with Gasteiger partial charge in [-0.2, -0.15) is 0 Å². The van der Waals surface area contributed by atoms with Crippen molar-refractivity contribution in [1.29, 1.82) is 0 Å². The zero-order chi connectivity index (χ0) is 17.1. The van der Waals surface area contributed by atoms with Gasteiger partial charge in [0.05, 0.1) is 16.9 Å². The lowest BCUT2D eigenvalue weighted by Crippen LogP contribution is -2.36. The molecule has 2 heterocycles. The van der Waals surface area contributed by atoms with Crippen molar-refractivity contribution in [2.45, 2.75) is 12.8 Å². The number of hydrogen-bond acceptors (Lipinski definition) is 3. The van der Waals surface area contributed by atoms with Crippen molar-refractivity contribution >= 4 is 17.3 Å². The number of nitrogens with zero attached hydrogens (tertiary/aromatic N) is 2. The second kappa shape index (κ2) is 6.79. The summed E-state index contributed by atoms with van der Waals surface area (Å²) in [5, 5.41) is 9.03. The summed E-state index contributed by atoms with van der Waals surface area (Å²) in [4.78, 5) is 15.0. The van der Waals surface area contributed by atoms with Crippen LogP contribution < -0.4 is 9.80 Å². The number of carbonyl (C=O) groups is 1. The van der Waals surface area contributed by atoms with E-state index < -0.39 is 5.97 Å². The van der Waals surface area contributed by atoms with E-state index in [0.717, 1.165) is 37.3 Å². The Kier molecular flexibility index (Phi) is 4.57. The molecule has 0 bridgehead atoms. The molecule has 0 amide bonds. The van der Waals surface area contributed by atoms with Gasteiger partial charge in [-0.3, -0.25) is 0 Å². The quantitative estimate of drug-likeness (QED) is 0.867. The zero-order valence-corrected chi connectivity index (χ0v) is 13.3.